The van der Waals surface area contributed by atoms with Gasteiger partial charge in [0.2, 0.25) is 0 Å². The Kier molecular flexibility index (Phi) is 3.67. The molecule has 13 heavy (non-hydrogen) atoms. The summed E-state index contributed by atoms with van der Waals surface area (Å²) in [5, 5.41) is 0. The molecule has 0 aliphatic rings. The fourth-order valence-electron chi connectivity index (χ4n) is 0.432. The highest BCUT2D eigenvalue weighted by Gasteiger charge is 2.28. The molecule has 0 N–H and O–H groups in total. The van der Waals surface area contributed by atoms with Gasteiger partial charge in [-0.15, -0.1) is 0 Å². The number of rotatable bonds is 2. The molecule has 0 fully saturated rings. The zero-order chi connectivity index (χ0) is 10.9. The largest absolute Gasteiger partial charge is 0.257 e. The third-order valence-corrected chi connectivity index (χ3v) is 3.95. The minimum atomic E-state index is -3.35. The number of nitrogens with zero attached hydrogens (tertiary/aromatic N) is 1. The van der Waals surface area contributed by atoms with Crippen molar-refractivity contribution in [2.45, 2.75) is 46.3 Å². The Morgan fingerprint density at radius 2 is 1.62 bits per heavy atom. The van der Waals surface area contributed by atoms with Gasteiger partial charge in [0, 0.05) is 5.71 Å². The van der Waals surface area contributed by atoms with E-state index in [0.717, 1.165) is 0 Å². The van der Waals surface area contributed by atoms with Crippen molar-refractivity contribution in [3.8, 4) is 0 Å². The van der Waals surface area contributed by atoms with Gasteiger partial charge in [0.25, 0.3) is 10.0 Å². The van der Waals surface area contributed by atoms with Gasteiger partial charge >= 0.3 is 0 Å². The van der Waals surface area contributed by atoms with Gasteiger partial charge in [-0.1, -0.05) is 13.8 Å². The maximum Gasteiger partial charge on any atom is 0.257 e. The van der Waals surface area contributed by atoms with Crippen LogP contribution in [0.2, 0.25) is 0 Å². The molecular formula is C9H19NO2S. The highest BCUT2D eigenvalue weighted by atomic mass is 32.2. The van der Waals surface area contributed by atoms with Crippen molar-refractivity contribution >= 4 is 15.7 Å². The molecule has 0 bridgehead atoms. The Balaban J connectivity index is 5.03. The second-order valence-corrected chi connectivity index (χ2v) is 6.83. The summed E-state index contributed by atoms with van der Waals surface area (Å²) in [5.74, 6) is 0.178. The summed E-state index contributed by atoms with van der Waals surface area (Å²) in [6.07, 6.45) is 0. The minimum absolute atomic E-state index is 0.178. The zero-order valence-corrected chi connectivity index (χ0v) is 10.1. The molecule has 0 aliphatic heterocycles. The Hall–Kier alpha value is -0.380. The van der Waals surface area contributed by atoms with E-state index in [9.17, 15) is 8.42 Å². The lowest BCUT2D eigenvalue weighted by molar-refractivity contribution is 0.562. The van der Waals surface area contributed by atoms with E-state index >= 15 is 0 Å². The van der Waals surface area contributed by atoms with Crippen LogP contribution in [0.4, 0.5) is 0 Å². The SMILES string of the molecule is C/C(=N\S(=O)(=O)C(C)(C)C)C(C)C. The van der Waals surface area contributed by atoms with E-state index < -0.39 is 14.8 Å². The molecule has 3 nitrogen and oxygen atoms in total. The first-order valence-electron chi connectivity index (χ1n) is 4.39. The van der Waals surface area contributed by atoms with Crippen LogP contribution in [0, 0.1) is 5.92 Å². The van der Waals surface area contributed by atoms with Crippen LogP contribution in [0.5, 0.6) is 0 Å². The van der Waals surface area contributed by atoms with E-state index in [4.69, 9.17) is 0 Å². The first-order chi connectivity index (χ1) is 5.58. The maximum atomic E-state index is 11.6. The molecule has 78 valence electrons. The Morgan fingerprint density at radius 3 is 1.85 bits per heavy atom. The molecule has 0 aromatic carbocycles. The molecule has 0 aromatic heterocycles. The zero-order valence-electron chi connectivity index (χ0n) is 9.25. The molecular weight excluding hydrogens is 186 g/mol. The third-order valence-electron chi connectivity index (χ3n) is 1.87. The van der Waals surface area contributed by atoms with Crippen molar-refractivity contribution in [1.82, 2.24) is 0 Å². The van der Waals surface area contributed by atoms with Gasteiger partial charge < -0.3 is 0 Å². The topological polar surface area (TPSA) is 46.5 Å². The van der Waals surface area contributed by atoms with E-state index in [0.29, 0.717) is 5.71 Å². The van der Waals surface area contributed by atoms with E-state index in [1.807, 2.05) is 13.8 Å². The molecule has 0 aromatic rings. The van der Waals surface area contributed by atoms with E-state index in [1.165, 1.54) is 0 Å². The highest BCUT2D eigenvalue weighted by Crippen LogP contribution is 2.18. The normalized spacial score (nSPS) is 15.2. The summed E-state index contributed by atoms with van der Waals surface area (Å²) in [7, 11) is -3.35. The predicted molar refractivity (Wildman–Crippen MR) is 56.6 cm³/mol. The number of sulfonamides is 1. The Bertz CT molecular complexity index is 294. The van der Waals surface area contributed by atoms with Crippen LogP contribution in [0.3, 0.4) is 0 Å². The van der Waals surface area contributed by atoms with Crippen LogP contribution in [0.25, 0.3) is 0 Å². The van der Waals surface area contributed by atoms with Crippen molar-refractivity contribution in [2.75, 3.05) is 0 Å². The second kappa shape index (κ2) is 3.78. The summed E-state index contributed by atoms with van der Waals surface area (Å²) in [4.78, 5) is 0. The average Bonchev–Trinajstić information content (AvgIpc) is 1.83. The standard InChI is InChI=1S/C9H19NO2S/c1-7(2)8(3)10-13(11,12)9(4,5)6/h7H,1-6H3/b10-8+. The maximum absolute atomic E-state index is 11.6. The summed E-state index contributed by atoms with van der Waals surface area (Å²) < 4.78 is 26.1. The van der Waals surface area contributed by atoms with Crippen molar-refractivity contribution in [1.29, 1.82) is 0 Å². The molecule has 0 radical (unpaired) electrons. The van der Waals surface area contributed by atoms with Crippen LogP contribution in [0.15, 0.2) is 4.40 Å². The summed E-state index contributed by atoms with van der Waals surface area (Å²) in [5.41, 5.74) is 0.662. The van der Waals surface area contributed by atoms with Crippen LogP contribution in [-0.2, 0) is 10.0 Å². The van der Waals surface area contributed by atoms with Gasteiger partial charge in [-0.05, 0) is 33.6 Å². The van der Waals surface area contributed by atoms with E-state index in [2.05, 4.69) is 4.40 Å². The molecule has 0 rings (SSSR count). The first-order valence-corrected chi connectivity index (χ1v) is 5.83. The van der Waals surface area contributed by atoms with Gasteiger partial charge in [0.1, 0.15) is 0 Å². The molecule has 0 saturated carbocycles. The molecule has 0 amide bonds. The lowest BCUT2D eigenvalue weighted by Gasteiger charge is -2.16. The van der Waals surface area contributed by atoms with Crippen molar-refractivity contribution in [3.05, 3.63) is 0 Å². The molecule has 0 spiro atoms. The van der Waals surface area contributed by atoms with Crippen molar-refractivity contribution in [2.24, 2.45) is 10.3 Å². The molecule has 0 saturated heterocycles. The van der Waals surface area contributed by atoms with Crippen molar-refractivity contribution in [3.63, 3.8) is 0 Å². The molecule has 4 heteroatoms. The van der Waals surface area contributed by atoms with Gasteiger partial charge in [0.05, 0.1) is 4.75 Å². The summed E-state index contributed by atoms with van der Waals surface area (Å²) in [6.45, 7) is 10.6. The Labute approximate surface area is 81.3 Å². The molecule has 0 unspecified atom stereocenters. The fraction of sp³-hybridized carbons (Fsp3) is 0.889. The number of hydrogen-bond donors (Lipinski definition) is 0. The van der Waals surface area contributed by atoms with Crippen LogP contribution in [-0.4, -0.2) is 18.9 Å². The molecule has 0 heterocycles. The fourth-order valence-corrected chi connectivity index (χ4v) is 1.30. The highest BCUT2D eigenvalue weighted by molar-refractivity contribution is 7.91. The Morgan fingerprint density at radius 1 is 1.23 bits per heavy atom. The van der Waals surface area contributed by atoms with Gasteiger partial charge in [0.15, 0.2) is 0 Å². The minimum Gasteiger partial charge on any atom is -0.204 e. The second-order valence-electron chi connectivity index (χ2n) is 4.47. The summed E-state index contributed by atoms with van der Waals surface area (Å²) in [6, 6.07) is 0. The third kappa shape index (κ3) is 3.46. The van der Waals surface area contributed by atoms with Crippen LogP contribution in [0.1, 0.15) is 41.5 Å². The smallest absolute Gasteiger partial charge is 0.204 e. The predicted octanol–water partition coefficient (Wildman–Crippen LogP) is 2.23. The number of hydrogen-bond acceptors (Lipinski definition) is 2. The lowest BCUT2D eigenvalue weighted by Crippen LogP contribution is -2.27. The first kappa shape index (κ1) is 12.6. The van der Waals surface area contributed by atoms with Gasteiger partial charge in [-0.2, -0.15) is 4.40 Å². The molecule has 0 atom stereocenters. The quantitative estimate of drug-likeness (QED) is 0.649. The summed E-state index contributed by atoms with van der Waals surface area (Å²) >= 11 is 0. The van der Waals surface area contributed by atoms with E-state index in [-0.39, 0.29) is 5.92 Å². The molecule has 0 aliphatic carbocycles. The van der Waals surface area contributed by atoms with Gasteiger partial charge in [-0.3, -0.25) is 0 Å². The van der Waals surface area contributed by atoms with Crippen LogP contribution >= 0.6 is 0 Å². The van der Waals surface area contributed by atoms with Gasteiger partial charge in [-0.25, -0.2) is 8.42 Å². The van der Waals surface area contributed by atoms with Crippen molar-refractivity contribution < 1.29 is 8.42 Å². The lowest BCUT2D eigenvalue weighted by atomic mass is 10.1. The van der Waals surface area contributed by atoms with Crippen LogP contribution < -0.4 is 0 Å². The monoisotopic (exact) mass is 205 g/mol. The van der Waals surface area contributed by atoms with E-state index in [1.54, 1.807) is 27.7 Å². The average molecular weight is 205 g/mol.